The number of fused-ring (bicyclic) bond motifs is 3. The van der Waals surface area contributed by atoms with Crippen molar-refractivity contribution >= 4 is 57.8 Å². The number of aromatic nitrogens is 2. The lowest BCUT2D eigenvalue weighted by atomic mass is 10.0. The number of nitrogens with zero attached hydrogens (tertiary/aromatic N) is 3. The fraction of sp³-hybridized carbons (Fsp3) is 0.185. The fourth-order valence-electron chi connectivity index (χ4n) is 4.52. The van der Waals surface area contributed by atoms with Crippen LogP contribution in [0, 0.1) is 0 Å². The van der Waals surface area contributed by atoms with Gasteiger partial charge in [-0.25, -0.2) is 9.78 Å². The molecule has 0 saturated heterocycles. The highest BCUT2D eigenvalue weighted by Crippen LogP contribution is 2.34. The first-order chi connectivity index (χ1) is 17.0. The Balaban J connectivity index is 1.37. The van der Waals surface area contributed by atoms with E-state index in [0.717, 1.165) is 64.4 Å². The minimum absolute atomic E-state index is 0.201. The molecule has 0 spiro atoms. The van der Waals surface area contributed by atoms with Crippen molar-refractivity contribution in [3.63, 3.8) is 0 Å². The zero-order valence-electron chi connectivity index (χ0n) is 18.8. The van der Waals surface area contributed by atoms with E-state index in [1.807, 2.05) is 48.5 Å². The Morgan fingerprint density at radius 1 is 1.09 bits per heavy atom. The predicted molar refractivity (Wildman–Crippen MR) is 143 cm³/mol. The molecule has 0 unspecified atom stereocenters. The third kappa shape index (κ3) is 5.24. The number of carbonyl (C=O) groups excluding carboxylic acids is 1. The molecule has 1 aliphatic heterocycles. The van der Waals surface area contributed by atoms with Gasteiger partial charge in [0, 0.05) is 54.9 Å². The van der Waals surface area contributed by atoms with Crippen molar-refractivity contribution in [2.75, 3.05) is 13.1 Å². The molecule has 3 heterocycles. The lowest BCUT2D eigenvalue weighted by Crippen LogP contribution is -2.34. The second-order valence-corrected chi connectivity index (χ2v) is 9.71. The summed E-state index contributed by atoms with van der Waals surface area (Å²) in [7, 11) is 0. The van der Waals surface area contributed by atoms with Gasteiger partial charge >= 0.3 is 6.03 Å². The average Bonchev–Trinajstić information content (AvgIpc) is 3.19. The van der Waals surface area contributed by atoms with Gasteiger partial charge in [-0.05, 0) is 47.0 Å². The third-order valence-corrected chi connectivity index (χ3v) is 6.95. The van der Waals surface area contributed by atoms with Crippen molar-refractivity contribution in [3.8, 4) is 0 Å². The first-order valence-corrected chi connectivity index (χ1v) is 12.5. The van der Waals surface area contributed by atoms with Gasteiger partial charge in [0.2, 0.25) is 0 Å². The maximum Gasteiger partial charge on any atom is 0.326 e. The van der Waals surface area contributed by atoms with Crippen molar-refractivity contribution in [1.29, 1.82) is 0 Å². The Bertz CT molecular complexity index is 1410. The SMILES string of the molecule is O=C(NCc1ccnc(Cl)c1)n1c2c(c3cccc(Cl)c31)CN(CC=Cc1ccc(Cl)cc1)CC2. The summed E-state index contributed by atoms with van der Waals surface area (Å²) in [6.07, 6.45) is 6.64. The topological polar surface area (TPSA) is 50.2 Å². The van der Waals surface area contributed by atoms with E-state index in [9.17, 15) is 4.79 Å². The van der Waals surface area contributed by atoms with Gasteiger partial charge in [-0.15, -0.1) is 0 Å². The van der Waals surface area contributed by atoms with E-state index in [2.05, 4.69) is 27.4 Å². The molecule has 5 rings (SSSR count). The van der Waals surface area contributed by atoms with Crippen molar-refractivity contribution in [3.05, 3.63) is 104 Å². The molecule has 0 fully saturated rings. The van der Waals surface area contributed by atoms with Crippen LogP contribution in [0.2, 0.25) is 15.2 Å². The molecular weight excluding hydrogens is 503 g/mol. The van der Waals surface area contributed by atoms with E-state index in [1.165, 1.54) is 0 Å². The normalized spacial score (nSPS) is 13.9. The summed E-state index contributed by atoms with van der Waals surface area (Å²) < 4.78 is 1.75. The molecule has 4 aromatic rings. The Morgan fingerprint density at radius 3 is 2.71 bits per heavy atom. The van der Waals surface area contributed by atoms with Crippen LogP contribution in [0.4, 0.5) is 4.79 Å². The molecular formula is C27H23Cl3N4O. The molecule has 1 aliphatic rings. The summed E-state index contributed by atoms with van der Waals surface area (Å²) >= 11 is 18.6. The zero-order valence-corrected chi connectivity index (χ0v) is 21.1. The summed E-state index contributed by atoms with van der Waals surface area (Å²) in [6, 6.07) is 17.0. The molecule has 1 amide bonds. The number of hydrogen-bond donors (Lipinski definition) is 1. The maximum absolute atomic E-state index is 13.3. The van der Waals surface area contributed by atoms with Gasteiger partial charge in [0.1, 0.15) is 5.15 Å². The van der Waals surface area contributed by atoms with E-state index >= 15 is 0 Å². The van der Waals surface area contributed by atoms with Crippen LogP contribution in [0.25, 0.3) is 17.0 Å². The van der Waals surface area contributed by atoms with Crippen molar-refractivity contribution in [2.45, 2.75) is 19.5 Å². The number of hydrogen-bond acceptors (Lipinski definition) is 3. The Hall–Kier alpha value is -2.83. The van der Waals surface area contributed by atoms with Crippen molar-refractivity contribution in [1.82, 2.24) is 19.8 Å². The summed E-state index contributed by atoms with van der Waals surface area (Å²) in [4.78, 5) is 19.7. The first kappa shape index (κ1) is 23.9. The van der Waals surface area contributed by atoms with Crippen molar-refractivity contribution in [2.24, 2.45) is 0 Å². The highest BCUT2D eigenvalue weighted by molar-refractivity contribution is 6.35. The lowest BCUT2D eigenvalue weighted by Gasteiger charge is -2.27. The van der Waals surface area contributed by atoms with Crippen LogP contribution in [-0.4, -0.2) is 33.6 Å². The van der Waals surface area contributed by atoms with Gasteiger partial charge in [0.05, 0.1) is 10.5 Å². The number of benzene rings is 2. The molecule has 1 N–H and O–H groups in total. The fourth-order valence-corrected chi connectivity index (χ4v) is 5.10. The number of pyridine rings is 1. The molecule has 178 valence electrons. The number of carbonyl (C=O) groups is 1. The molecule has 8 heteroatoms. The largest absolute Gasteiger partial charge is 0.333 e. The number of rotatable bonds is 5. The van der Waals surface area contributed by atoms with Gasteiger partial charge < -0.3 is 5.32 Å². The standard InChI is InChI=1S/C27H23Cl3N4O/c28-20-8-6-18(7-9-20)3-2-13-33-14-11-24-22(17-33)21-4-1-5-23(29)26(21)34(24)27(35)32-16-19-10-12-31-25(30)15-19/h1-10,12,15H,11,13-14,16-17H2,(H,32,35). The Labute approximate surface area is 218 Å². The van der Waals surface area contributed by atoms with E-state index in [1.54, 1.807) is 16.8 Å². The van der Waals surface area contributed by atoms with Crippen LogP contribution in [0.5, 0.6) is 0 Å². The highest BCUT2D eigenvalue weighted by Gasteiger charge is 2.27. The zero-order chi connectivity index (χ0) is 24.4. The Morgan fingerprint density at radius 2 is 1.91 bits per heavy atom. The molecule has 35 heavy (non-hydrogen) atoms. The van der Waals surface area contributed by atoms with Gasteiger partial charge in [0.25, 0.3) is 0 Å². The molecule has 0 bridgehead atoms. The Kier molecular flexibility index (Phi) is 7.12. The second kappa shape index (κ2) is 10.4. The molecule has 0 saturated carbocycles. The summed E-state index contributed by atoms with van der Waals surface area (Å²) in [5, 5.41) is 5.72. The van der Waals surface area contributed by atoms with Gasteiger partial charge in [-0.1, -0.05) is 71.2 Å². The summed E-state index contributed by atoms with van der Waals surface area (Å²) in [6.45, 7) is 2.75. The van der Waals surface area contributed by atoms with Crippen molar-refractivity contribution < 1.29 is 4.79 Å². The second-order valence-electron chi connectivity index (χ2n) is 8.48. The van der Waals surface area contributed by atoms with E-state index in [-0.39, 0.29) is 6.03 Å². The van der Waals surface area contributed by atoms with Crippen LogP contribution in [-0.2, 0) is 19.5 Å². The van der Waals surface area contributed by atoms with Crippen LogP contribution in [0.1, 0.15) is 22.4 Å². The van der Waals surface area contributed by atoms with Crippen LogP contribution >= 0.6 is 34.8 Å². The minimum Gasteiger partial charge on any atom is -0.333 e. The monoisotopic (exact) mass is 524 g/mol. The molecule has 2 aromatic heterocycles. The number of halogens is 3. The third-order valence-electron chi connectivity index (χ3n) is 6.18. The molecule has 2 aromatic carbocycles. The van der Waals surface area contributed by atoms with Gasteiger partial charge in [-0.2, -0.15) is 0 Å². The molecule has 0 radical (unpaired) electrons. The smallest absolute Gasteiger partial charge is 0.326 e. The number of para-hydroxylation sites is 1. The molecule has 0 aliphatic carbocycles. The van der Waals surface area contributed by atoms with E-state index in [4.69, 9.17) is 34.8 Å². The minimum atomic E-state index is -0.201. The van der Waals surface area contributed by atoms with Crippen LogP contribution < -0.4 is 5.32 Å². The lowest BCUT2D eigenvalue weighted by molar-refractivity contribution is 0.240. The average molecular weight is 526 g/mol. The van der Waals surface area contributed by atoms with E-state index in [0.29, 0.717) is 16.7 Å². The molecule has 0 atom stereocenters. The highest BCUT2D eigenvalue weighted by atomic mass is 35.5. The number of nitrogens with one attached hydrogen (secondary N) is 1. The van der Waals surface area contributed by atoms with Gasteiger partial charge in [-0.3, -0.25) is 9.47 Å². The molecule has 5 nitrogen and oxygen atoms in total. The summed E-state index contributed by atoms with van der Waals surface area (Å²) in [5.74, 6) is 0. The van der Waals surface area contributed by atoms with Crippen LogP contribution in [0.3, 0.4) is 0 Å². The quantitative estimate of drug-likeness (QED) is 0.291. The maximum atomic E-state index is 13.3. The predicted octanol–water partition coefficient (Wildman–Crippen LogP) is 6.83. The first-order valence-electron chi connectivity index (χ1n) is 11.3. The van der Waals surface area contributed by atoms with Gasteiger partial charge in [0.15, 0.2) is 0 Å². The summed E-state index contributed by atoms with van der Waals surface area (Å²) in [5.41, 5.74) is 4.91. The van der Waals surface area contributed by atoms with Crippen LogP contribution in [0.15, 0.2) is 66.9 Å². The van der Waals surface area contributed by atoms with E-state index < -0.39 is 0 Å². The number of amides is 1.